The Labute approximate surface area is 210 Å². The van der Waals surface area contributed by atoms with Crippen molar-refractivity contribution in [1.29, 1.82) is 0 Å². The van der Waals surface area contributed by atoms with E-state index in [4.69, 9.17) is 8.92 Å². The fourth-order valence-electron chi connectivity index (χ4n) is 3.20. The maximum Gasteiger partial charge on any atom is 0.339 e. The quantitative estimate of drug-likeness (QED) is 0.196. The lowest BCUT2D eigenvalue weighted by molar-refractivity contribution is 0.0955. The molecule has 7 nitrogen and oxygen atoms in total. The first kappa shape index (κ1) is 24.7. The summed E-state index contributed by atoms with van der Waals surface area (Å²) in [4.78, 5) is 12.5. The van der Waals surface area contributed by atoms with Crippen LogP contribution in [0.2, 0.25) is 0 Å². The smallest absolute Gasteiger partial charge is 0.339 e. The monoisotopic (exact) mass is 500 g/mol. The molecule has 8 heteroatoms. The minimum absolute atomic E-state index is 0.0457. The van der Waals surface area contributed by atoms with Gasteiger partial charge in [0.05, 0.1) is 6.21 Å². The fraction of sp³-hybridized carbons (Fsp3) is 0.0714. The number of ether oxygens (including phenoxy) is 1. The molecule has 0 saturated carbocycles. The van der Waals surface area contributed by atoms with Crippen molar-refractivity contribution in [2.24, 2.45) is 5.10 Å². The Bertz CT molecular complexity index is 1450. The Morgan fingerprint density at radius 3 is 2.25 bits per heavy atom. The van der Waals surface area contributed by atoms with Crippen LogP contribution >= 0.6 is 0 Å². The van der Waals surface area contributed by atoms with Crippen LogP contribution in [-0.4, -0.2) is 20.5 Å². The molecule has 0 aliphatic heterocycles. The van der Waals surface area contributed by atoms with E-state index in [9.17, 15) is 13.2 Å². The number of benzene rings is 4. The van der Waals surface area contributed by atoms with Crippen LogP contribution < -0.4 is 14.3 Å². The molecule has 0 radical (unpaired) electrons. The van der Waals surface area contributed by atoms with Crippen LogP contribution in [-0.2, 0) is 16.7 Å². The van der Waals surface area contributed by atoms with E-state index in [0.29, 0.717) is 23.5 Å². The molecule has 4 rings (SSSR count). The number of hydrazone groups is 1. The molecule has 0 heterocycles. The first-order chi connectivity index (χ1) is 17.4. The third kappa shape index (κ3) is 6.58. The van der Waals surface area contributed by atoms with E-state index in [1.165, 1.54) is 24.4 Å². The summed E-state index contributed by atoms with van der Waals surface area (Å²) in [6.07, 6.45) is 1.33. The topological polar surface area (TPSA) is 94.1 Å². The largest absolute Gasteiger partial charge is 0.489 e. The van der Waals surface area contributed by atoms with Gasteiger partial charge in [0.25, 0.3) is 5.91 Å². The van der Waals surface area contributed by atoms with Crippen molar-refractivity contribution < 1.29 is 22.1 Å². The first-order valence-electron chi connectivity index (χ1n) is 11.1. The van der Waals surface area contributed by atoms with Crippen molar-refractivity contribution in [3.63, 3.8) is 0 Å². The van der Waals surface area contributed by atoms with Crippen molar-refractivity contribution in [3.05, 3.63) is 125 Å². The minimum atomic E-state index is -4.02. The third-order valence-corrected chi connectivity index (χ3v) is 6.41. The van der Waals surface area contributed by atoms with Gasteiger partial charge in [-0.3, -0.25) is 4.79 Å². The Morgan fingerprint density at radius 2 is 1.53 bits per heavy atom. The van der Waals surface area contributed by atoms with E-state index in [1.807, 2.05) is 37.3 Å². The highest BCUT2D eigenvalue weighted by atomic mass is 32.2. The Balaban J connectivity index is 1.37. The van der Waals surface area contributed by atoms with Crippen LogP contribution in [0.3, 0.4) is 0 Å². The number of carbonyl (C=O) groups is 1. The zero-order valence-corrected chi connectivity index (χ0v) is 20.3. The lowest BCUT2D eigenvalue weighted by Crippen LogP contribution is -2.17. The van der Waals surface area contributed by atoms with Gasteiger partial charge in [0, 0.05) is 11.1 Å². The van der Waals surface area contributed by atoms with Crippen LogP contribution in [0.4, 0.5) is 0 Å². The van der Waals surface area contributed by atoms with E-state index < -0.39 is 16.0 Å². The summed E-state index contributed by atoms with van der Waals surface area (Å²) in [6, 6.07) is 29.3. The number of carbonyl (C=O) groups excluding carboxylic acids is 1. The summed E-state index contributed by atoms with van der Waals surface area (Å²) in [6.45, 7) is 2.29. The lowest BCUT2D eigenvalue weighted by atomic mass is 10.2. The highest BCUT2D eigenvalue weighted by Gasteiger charge is 2.18. The van der Waals surface area contributed by atoms with E-state index >= 15 is 0 Å². The summed E-state index contributed by atoms with van der Waals surface area (Å²) >= 11 is 0. The molecule has 0 aliphatic carbocycles. The van der Waals surface area contributed by atoms with Gasteiger partial charge in [0.2, 0.25) is 0 Å². The van der Waals surface area contributed by atoms with Crippen LogP contribution in [0.15, 0.2) is 113 Å². The molecular formula is C28H24N2O5S. The summed E-state index contributed by atoms with van der Waals surface area (Å²) in [5.74, 6) is 0.308. The highest BCUT2D eigenvalue weighted by molar-refractivity contribution is 7.87. The van der Waals surface area contributed by atoms with E-state index in [2.05, 4.69) is 10.5 Å². The number of hydrogen-bond acceptors (Lipinski definition) is 6. The van der Waals surface area contributed by atoms with Crippen LogP contribution in [0.25, 0.3) is 0 Å². The highest BCUT2D eigenvalue weighted by Crippen LogP contribution is 2.22. The molecule has 0 bridgehead atoms. The average Bonchev–Trinajstić information content (AvgIpc) is 2.89. The van der Waals surface area contributed by atoms with Gasteiger partial charge < -0.3 is 8.92 Å². The van der Waals surface area contributed by atoms with E-state index in [-0.39, 0.29) is 10.6 Å². The molecule has 0 aliphatic rings. The fourth-order valence-corrected chi connectivity index (χ4v) is 4.16. The molecule has 0 fully saturated rings. The van der Waals surface area contributed by atoms with Gasteiger partial charge in [-0.15, -0.1) is 0 Å². The van der Waals surface area contributed by atoms with Crippen LogP contribution in [0.5, 0.6) is 11.5 Å². The summed E-state index contributed by atoms with van der Waals surface area (Å²) in [5, 5.41) is 3.96. The molecule has 0 unspecified atom stereocenters. The van der Waals surface area contributed by atoms with Crippen molar-refractivity contribution in [2.45, 2.75) is 18.4 Å². The summed E-state index contributed by atoms with van der Waals surface area (Å²) in [7, 11) is -4.02. The Hall–Kier alpha value is -4.43. The van der Waals surface area contributed by atoms with Crippen molar-refractivity contribution in [1.82, 2.24) is 5.43 Å². The predicted octanol–water partition coefficient (Wildman–Crippen LogP) is 5.11. The SMILES string of the molecule is Cc1ccc(S(=O)(=O)Oc2ccccc2/C=N/NC(=O)c2ccc(OCc3ccccc3)cc2)cc1. The molecule has 1 N–H and O–H groups in total. The minimum Gasteiger partial charge on any atom is -0.489 e. The molecule has 182 valence electrons. The third-order valence-electron chi connectivity index (χ3n) is 5.16. The zero-order chi connectivity index (χ0) is 25.4. The number of amides is 1. The molecular weight excluding hydrogens is 476 g/mol. The van der Waals surface area contributed by atoms with Crippen LogP contribution in [0.1, 0.15) is 27.0 Å². The van der Waals surface area contributed by atoms with Crippen molar-refractivity contribution in [2.75, 3.05) is 0 Å². The maximum atomic E-state index is 12.6. The van der Waals surface area contributed by atoms with Crippen LogP contribution in [0, 0.1) is 6.92 Å². The number of nitrogens with one attached hydrogen (secondary N) is 1. The molecule has 4 aromatic rings. The van der Waals surface area contributed by atoms with E-state index in [1.54, 1.807) is 54.6 Å². The first-order valence-corrected chi connectivity index (χ1v) is 12.5. The second-order valence-electron chi connectivity index (χ2n) is 7.89. The lowest BCUT2D eigenvalue weighted by Gasteiger charge is -2.09. The van der Waals surface area contributed by atoms with E-state index in [0.717, 1.165) is 11.1 Å². The van der Waals surface area contributed by atoms with Crippen molar-refractivity contribution in [3.8, 4) is 11.5 Å². The van der Waals surface area contributed by atoms with Gasteiger partial charge in [-0.25, -0.2) is 5.43 Å². The molecule has 0 aromatic heterocycles. The molecule has 0 spiro atoms. The van der Waals surface area contributed by atoms with Gasteiger partial charge in [0.15, 0.2) is 5.75 Å². The Kier molecular flexibility index (Phi) is 7.77. The van der Waals surface area contributed by atoms with Gasteiger partial charge in [-0.2, -0.15) is 13.5 Å². The Morgan fingerprint density at radius 1 is 0.861 bits per heavy atom. The molecule has 0 saturated heterocycles. The molecule has 36 heavy (non-hydrogen) atoms. The number of para-hydroxylation sites is 1. The second kappa shape index (κ2) is 11.3. The molecule has 0 atom stereocenters. The standard InChI is InChI=1S/C28H24N2O5S/c1-21-11-17-26(18-12-21)36(32,33)35-27-10-6-5-9-24(27)19-29-30-28(31)23-13-15-25(16-14-23)34-20-22-7-3-2-4-8-22/h2-19H,20H2,1H3,(H,30,31)/b29-19+. The normalized spacial score (nSPS) is 11.2. The number of aryl methyl sites for hydroxylation is 1. The summed E-state index contributed by atoms with van der Waals surface area (Å²) in [5.41, 5.74) is 5.20. The van der Waals surface area contributed by atoms with Crippen molar-refractivity contribution >= 4 is 22.2 Å². The number of nitrogens with zero attached hydrogens (tertiary/aromatic N) is 1. The van der Waals surface area contributed by atoms with Gasteiger partial charge >= 0.3 is 10.1 Å². The molecule has 1 amide bonds. The average molecular weight is 501 g/mol. The number of rotatable bonds is 9. The summed E-state index contributed by atoms with van der Waals surface area (Å²) < 4.78 is 36.3. The second-order valence-corrected chi connectivity index (χ2v) is 9.43. The number of hydrogen-bond donors (Lipinski definition) is 1. The zero-order valence-electron chi connectivity index (χ0n) is 19.5. The maximum absolute atomic E-state index is 12.6. The van der Waals surface area contributed by atoms with Gasteiger partial charge in [0.1, 0.15) is 17.3 Å². The predicted molar refractivity (Wildman–Crippen MR) is 138 cm³/mol. The van der Waals surface area contributed by atoms with Gasteiger partial charge in [-0.1, -0.05) is 60.2 Å². The molecule has 4 aromatic carbocycles. The van der Waals surface area contributed by atoms with Gasteiger partial charge in [-0.05, 0) is 61.0 Å².